The fraction of sp³-hybridized carbons (Fsp3) is 0.417. The molecule has 0 heterocycles. The Kier molecular flexibility index (Phi) is 9.37. The smallest absolute Gasteiger partial charge is 0.242 e. The summed E-state index contributed by atoms with van der Waals surface area (Å²) in [6.07, 6.45) is 0.816. The van der Waals surface area contributed by atoms with Gasteiger partial charge in [-0.2, -0.15) is 0 Å². The van der Waals surface area contributed by atoms with E-state index in [1.165, 1.54) is 35.0 Å². The van der Waals surface area contributed by atoms with Gasteiger partial charge in [-0.1, -0.05) is 48.9 Å². The predicted octanol–water partition coefficient (Wildman–Crippen LogP) is 4.70. The number of aryl methyl sites for hydroxylation is 1. The van der Waals surface area contributed by atoms with E-state index in [4.69, 9.17) is 0 Å². The molecule has 4 nitrogen and oxygen atoms in total. The van der Waals surface area contributed by atoms with E-state index in [2.05, 4.69) is 11.4 Å². The number of nitrogens with one attached hydrogen (secondary N) is 1. The SMILES string of the molecule is CCC(C)NC(=O)C(C)N(Cc1ccc(F)cc1)C(=O)CSCc1cccc(C)c1. The number of rotatable bonds is 10. The number of carbonyl (C=O) groups is 2. The quantitative estimate of drug-likeness (QED) is 0.594. The van der Waals surface area contributed by atoms with Gasteiger partial charge in [0.1, 0.15) is 11.9 Å². The Bertz CT molecular complexity index is 841. The van der Waals surface area contributed by atoms with Gasteiger partial charge in [0.25, 0.3) is 0 Å². The summed E-state index contributed by atoms with van der Waals surface area (Å²) in [4.78, 5) is 27.3. The topological polar surface area (TPSA) is 49.4 Å². The van der Waals surface area contributed by atoms with Crippen LogP contribution in [0.2, 0.25) is 0 Å². The van der Waals surface area contributed by atoms with Crippen LogP contribution in [0.3, 0.4) is 0 Å². The molecule has 0 aliphatic carbocycles. The second kappa shape index (κ2) is 11.7. The summed E-state index contributed by atoms with van der Waals surface area (Å²) >= 11 is 1.53. The van der Waals surface area contributed by atoms with Crippen LogP contribution in [0.15, 0.2) is 48.5 Å². The number of halogens is 1. The Labute approximate surface area is 183 Å². The zero-order chi connectivity index (χ0) is 22.1. The van der Waals surface area contributed by atoms with Gasteiger partial charge in [0.05, 0.1) is 5.75 Å². The van der Waals surface area contributed by atoms with Crippen molar-refractivity contribution in [1.82, 2.24) is 10.2 Å². The maximum Gasteiger partial charge on any atom is 0.242 e. The number of benzene rings is 2. The average molecular weight is 431 g/mol. The molecule has 0 saturated carbocycles. The van der Waals surface area contributed by atoms with Crippen LogP contribution < -0.4 is 5.32 Å². The lowest BCUT2D eigenvalue weighted by molar-refractivity contribution is -0.138. The van der Waals surface area contributed by atoms with Crippen molar-refractivity contribution in [3.63, 3.8) is 0 Å². The molecule has 30 heavy (non-hydrogen) atoms. The number of hydrogen-bond acceptors (Lipinski definition) is 3. The minimum atomic E-state index is -0.615. The van der Waals surface area contributed by atoms with Crippen molar-refractivity contribution in [3.8, 4) is 0 Å². The standard InChI is InChI=1S/C24H31FN2O2S/c1-5-18(3)26-24(29)19(4)27(14-20-9-11-22(25)12-10-20)23(28)16-30-15-21-8-6-7-17(2)13-21/h6-13,18-19H,5,14-16H2,1-4H3,(H,26,29). The highest BCUT2D eigenvalue weighted by molar-refractivity contribution is 7.99. The van der Waals surface area contributed by atoms with Crippen LogP contribution in [0.5, 0.6) is 0 Å². The van der Waals surface area contributed by atoms with Gasteiger partial charge in [0.2, 0.25) is 11.8 Å². The molecule has 2 unspecified atom stereocenters. The summed E-state index contributed by atoms with van der Waals surface area (Å²) in [5.74, 6) is 0.390. The highest BCUT2D eigenvalue weighted by Gasteiger charge is 2.26. The monoisotopic (exact) mass is 430 g/mol. The summed E-state index contributed by atoms with van der Waals surface area (Å²) in [5.41, 5.74) is 3.14. The molecule has 2 atom stereocenters. The number of nitrogens with zero attached hydrogens (tertiary/aromatic N) is 1. The zero-order valence-corrected chi connectivity index (χ0v) is 19.0. The summed E-state index contributed by atoms with van der Waals surface area (Å²) < 4.78 is 13.3. The summed E-state index contributed by atoms with van der Waals surface area (Å²) in [5, 5.41) is 2.95. The fourth-order valence-corrected chi connectivity index (χ4v) is 3.83. The maximum atomic E-state index is 13.3. The molecule has 0 aromatic heterocycles. The number of thioether (sulfide) groups is 1. The lowest BCUT2D eigenvalue weighted by Gasteiger charge is -2.29. The van der Waals surface area contributed by atoms with Gasteiger partial charge in [-0.25, -0.2) is 4.39 Å². The van der Waals surface area contributed by atoms with Crippen LogP contribution in [0.1, 0.15) is 43.9 Å². The van der Waals surface area contributed by atoms with Gasteiger partial charge >= 0.3 is 0 Å². The molecule has 0 spiro atoms. The largest absolute Gasteiger partial charge is 0.352 e. The normalized spacial score (nSPS) is 12.8. The van der Waals surface area contributed by atoms with E-state index in [0.29, 0.717) is 0 Å². The number of hydrogen-bond donors (Lipinski definition) is 1. The lowest BCUT2D eigenvalue weighted by atomic mass is 10.1. The molecule has 0 bridgehead atoms. The van der Waals surface area contributed by atoms with Crippen LogP contribution >= 0.6 is 11.8 Å². The molecule has 2 amide bonds. The van der Waals surface area contributed by atoms with Crippen LogP contribution in [0.4, 0.5) is 4.39 Å². The second-order valence-electron chi connectivity index (χ2n) is 7.62. The molecule has 2 aromatic rings. The summed E-state index contributed by atoms with van der Waals surface area (Å²) in [6, 6.07) is 13.7. The third kappa shape index (κ3) is 7.48. The van der Waals surface area contributed by atoms with Crippen molar-refractivity contribution in [2.24, 2.45) is 0 Å². The third-order valence-electron chi connectivity index (χ3n) is 5.01. The van der Waals surface area contributed by atoms with E-state index in [1.807, 2.05) is 39.0 Å². The van der Waals surface area contributed by atoms with Crippen molar-refractivity contribution in [2.45, 2.75) is 58.5 Å². The van der Waals surface area contributed by atoms with Crippen molar-refractivity contribution in [2.75, 3.05) is 5.75 Å². The third-order valence-corrected chi connectivity index (χ3v) is 6.00. The molecule has 162 valence electrons. The lowest BCUT2D eigenvalue weighted by Crippen LogP contribution is -2.50. The van der Waals surface area contributed by atoms with E-state index in [9.17, 15) is 14.0 Å². The number of carbonyl (C=O) groups excluding carboxylic acids is 2. The Balaban J connectivity index is 2.07. The van der Waals surface area contributed by atoms with E-state index in [1.54, 1.807) is 24.0 Å². The Morgan fingerprint density at radius 1 is 1.10 bits per heavy atom. The fourth-order valence-electron chi connectivity index (χ4n) is 2.98. The average Bonchev–Trinajstić information content (AvgIpc) is 2.72. The molecular weight excluding hydrogens is 399 g/mol. The van der Waals surface area contributed by atoms with Gasteiger partial charge in [-0.3, -0.25) is 9.59 Å². The highest BCUT2D eigenvalue weighted by Crippen LogP contribution is 2.17. The minimum Gasteiger partial charge on any atom is -0.352 e. The van der Waals surface area contributed by atoms with Gasteiger partial charge < -0.3 is 10.2 Å². The molecule has 2 rings (SSSR count). The highest BCUT2D eigenvalue weighted by atomic mass is 32.2. The first kappa shape index (κ1) is 23.9. The Hall–Kier alpha value is -2.34. The van der Waals surface area contributed by atoms with Gasteiger partial charge in [-0.05, 0) is 50.5 Å². The number of amides is 2. The molecule has 0 saturated heterocycles. The second-order valence-corrected chi connectivity index (χ2v) is 8.61. The molecule has 0 aliphatic heterocycles. The predicted molar refractivity (Wildman–Crippen MR) is 122 cm³/mol. The van der Waals surface area contributed by atoms with Crippen molar-refractivity contribution >= 4 is 23.6 Å². The van der Waals surface area contributed by atoms with Crippen LogP contribution in [-0.2, 0) is 21.9 Å². The van der Waals surface area contributed by atoms with Gasteiger partial charge in [0, 0.05) is 18.3 Å². The Morgan fingerprint density at radius 2 is 1.80 bits per heavy atom. The van der Waals surface area contributed by atoms with Crippen molar-refractivity contribution in [3.05, 3.63) is 71.0 Å². The summed E-state index contributed by atoms with van der Waals surface area (Å²) in [7, 11) is 0. The van der Waals surface area contributed by atoms with E-state index in [0.717, 1.165) is 17.7 Å². The molecule has 6 heteroatoms. The van der Waals surface area contributed by atoms with E-state index in [-0.39, 0.29) is 36.0 Å². The van der Waals surface area contributed by atoms with E-state index < -0.39 is 6.04 Å². The summed E-state index contributed by atoms with van der Waals surface area (Å²) in [6.45, 7) is 7.98. The molecular formula is C24H31FN2O2S. The van der Waals surface area contributed by atoms with Crippen LogP contribution in [0.25, 0.3) is 0 Å². The first-order valence-electron chi connectivity index (χ1n) is 10.3. The molecule has 0 fully saturated rings. The maximum absolute atomic E-state index is 13.3. The molecule has 0 aliphatic rings. The van der Waals surface area contributed by atoms with Crippen LogP contribution in [-0.4, -0.2) is 34.6 Å². The van der Waals surface area contributed by atoms with Crippen LogP contribution in [0, 0.1) is 12.7 Å². The molecule has 1 N–H and O–H groups in total. The van der Waals surface area contributed by atoms with Gasteiger partial charge in [-0.15, -0.1) is 11.8 Å². The Morgan fingerprint density at radius 3 is 2.43 bits per heavy atom. The molecule has 2 aromatic carbocycles. The zero-order valence-electron chi connectivity index (χ0n) is 18.2. The first-order valence-corrected chi connectivity index (χ1v) is 11.4. The first-order chi connectivity index (χ1) is 14.3. The van der Waals surface area contributed by atoms with Gasteiger partial charge in [0.15, 0.2) is 0 Å². The minimum absolute atomic E-state index is 0.0402. The van der Waals surface area contributed by atoms with E-state index >= 15 is 0 Å². The van der Waals surface area contributed by atoms with Crippen molar-refractivity contribution in [1.29, 1.82) is 0 Å². The van der Waals surface area contributed by atoms with Crippen molar-refractivity contribution < 1.29 is 14.0 Å². The molecule has 0 radical (unpaired) electrons.